The third-order valence-electron chi connectivity index (χ3n) is 7.87. The molecule has 8 rings (SSSR count). The smallest absolute Gasteiger partial charge is 0.0537 e. The fraction of sp³-hybridized carbons (Fsp3) is 0.0556. The molecule has 0 saturated heterocycles. The summed E-state index contributed by atoms with van der Waals surface area (Å²) in [5, 5.41) is 5.33. The van der Waals surface area contributed by atoms with E-state index in [1.54, 1.807) is 0 Å². The van der Waals surface area contributed by atoms with Gasteiger partial charge in [-0.25, -0.2) is 0 Å². The van der Waals surface area contributed by atoms with Crippen LogP contribution in [0.4, 0.5) is 0 Å². The molecule has 0 spiro atoms. The molecular weight excluding hydrogens is 478 g/mol. The fourth-order valence-corrected chi connectivity index (χ4v) is 7.37. The van der Waals surface area contributed by atoms with Gasteiger partial charge in [-0.2, -0.15) is 0 Å². The average molecular weight is 504 g/mol. The predicted octanol–water partition coefficient (Wildman–Crippen LogP) is 10.5. The van der Waals surface area contributed by atoms with Gasteiger partial charge in [0.25, 0.3) is 0 Å². The second-order valence-electron chi connectivity index (χ2n) is 10.1. The van der Waals surface area contributed by atoms with Crippen molar-refractivity contribution >= 4 is 64.6 Å². The molecule has 0 amide bonds. The van der Waals surface area contributed by atoms with E-state index in [0.717, 1.165) is 12.8 Å². The van der Waals surface area contributed by atoms with Crippen LogP contribution in [0.15, 0.2) is 127 Å². The van der Waals surface area contributed by atoms with Crippen LogP contribution < -0.4 is 0 Å². The Bertz CT molecular complexity index is 2030. The predicted molar refractivity (Wildman–Crippen MR) is 166 cm³/mol. The number of nitrogens with zero attached hydrogens (tertiary/aromatic N) is 1. The first-order chi connectivity index (χ1) is 18.8. The van der Waals surface area contributed by atoms with Gasteiger partial charge in [-0.05, 0) is 65.4 Å². The number of fused-ring (bicyclic) bond motifs is 6. The number of allylic oxidation sites excluding steroid dienone is 4. The molecule has 5 aromatic carbocycles. The normalized spacial score (nSPS) is 13.9. The molecule has 1 aliphatic rings. The summed E-state index contributed by atoms with van der Waals surface area (Å²) in [5.41, 5.74) is 9.10. The number of benzene rings is 5. The fourth-order valence-electron chi connectivity index (χ4n) is 6.14. The molecule has 0 unspecified atom stereocenters. The van der Waals surface area contributed by atoms with Crippen LogP contribution in [-0.2, 0) is 0 Å². The van der Waals surface area contributed by atoms with Crippen molar-refractivity contribution in [2.75, 3.05) is 0 Å². The third kappa shape index (κ3) is 3.31. The first-order valence-corrected chi connectivity index (χ1v) is 14.1. The van der Waals surface area contributed by atoms with Crippen molar-refractivity contribution in [3.8, 4) is 11.1 Å². The van der Waals surface area contributed by atoms with Crippen LogP contribution >= 0.6 is 11.3 Å². The van der Waals surface area contributed by atoms with E-state index in [9.17, 15) is 0 Å². The van der Waals surface area contributed by atoms with Crippen LogP contribution in [0.5, 0.6) is 0 Å². The second kappa shape index (κ2) is 8.58. The molecule has 0 N–H and O–H groups in total. The molecule has 0 fully saturated rings. The minimum Gasteiger partial charge on any atom is -0.313 e. The van der Waals surface area contributed by atoms with Gasteiger partial charge in [0, 0.05) is 36.6 Å². The van der Waals surface area contributed by atoms with Crippen LogP contribution in [0.1, 0.15) is 18.4 Å². The van der Waals surface area contributed by atoms with Crippen LogP contribution in [0, 0.1) is 0 Å². The summed E-state index contributed by atoms with van der Waals surface area (Å²) in [6, 6.07) is 42.1. The lowest BCUT2D eigenvalue weighted by atomic mass is 9.94. The molecule has 38 heavy (non-hydrogen) atoms. The Labute approximate surface area is 225 Å². The highest BCUT2D eigenvalue weighted by Crippen LogP contribution is 2.41. The lowest BCUT2D eigenvalue weighted by Crippen LogP contribution is -2.01. The Morgan fingerprint density at radius 3 is 2.05 bits per heavy atom. The molecule has 1 nitrogen and oxygen atoms in total. The molecule has 2 heterocycles. The summed E-state index contributed by atoms with van der Waals surface area (Å²) in [7, 11) is 0. The second-order valence-corrected chi connectivity index (χ2v) is 11.1. The minimum atomic E-state index is 1.03. The van der Waals surface area contributed by atoms with Gasteiger partial charge in [0.05, 0.1) is 11.0 Å². The number of hydrogen-bond acceptors (Lipinski definition) is 1. The van der Waals surface area contributed by atoms with Crippen LogP contribution in [0.3, 0.4) is 0 Å². The summed E-state index contributed by atoms with van der Waals surface area (Å²) < 4.78 is 5.18. The van der Waals surface area contributed by atoms with E-state index in [1.807, 2.05) is 11.3 Å². The highest BCUT2D eigenvalue weighted by Gasteiger charge is 2.17. The van der Waals surface area contributed by atoms with Crippen molar-refractivity contribution in [1.29, 1.82) is 0 Å². The van der Waals surface area contributed by atoms with Crippen molar-refractivity contribution in [1.82, 2.24) is 4.57 Å². The van der Waals surface area contributed by atoms with Crippen LogP contribution in [0.2, 0.25) is 0 Å². The first kappa shape index (κ1) is 21.7. The average Bonchev–Trinajstić information content (AvgIpc) is 3.53. The third-order valence-corrected chi connectivity index (χ3v) is 9.09. The highest BCUT2D eigenvalue weighted by molar-refractivity contribution is 7.26. The maximum atomic E-state index is 2.47. The van der Waals surface area contributed by atoms with E-state index in [2.05, 4.69) is 132 Å². The molecule has 2 heteroatoms. The maximum Gasteiger partial charge on any atom is 0.0537 e. The largest absolute Gasteiger partial charge is 0.313 e. The van der Waals surface area contributed by atoms with Crippen molar-refractivity contribution in [2.45, 2.75) is 12.8 Å². The number of thiophene rings is 1. The number of para-hydroxylation sites is 2. The van der Waals surface area contributed by atoms with E-state index in [-0.39, 0.29) is 0 Å². The molecular formula is C36H25NS. The van der Waals surface area contributed by atoms with Gasteiger partial charge < -0.3 is 4.57 Å². The zero-order valence-corrected chi connectivity index (χ0v) is 21.7. The lowest BCUT2D eigenvalue weighted by molar-refractivity contribution is 0.982. The SMILES string of the molecule is C1=C(c2cccc(-c3cccc4c3sc3ccccc34)c2)C=C(n2c3ccccc3c3ccccc32)CC1. The first-order valence-electron chi connectivity index (χ1n) is 13.3. The van der Waals surface area contributed by atoms with Crippen molar-refractivity contribution in [3.63, 3.8) is 0 Å². The molecule has 0 aliphatic heterocycles. The van der Waals surface area contributed by atoms with Gasteiger partial charge in [0.2, 0.25) is 0 Å². The monoisotopic (exact) mass is 503 g/mol. The summed E-state index contributed by atoms with van der Waals surface area (Å²) in [6.07, 6.45) is 6.88. The van der Waals surface area contributed by atoms with E-state index >= 15 is 0 Å². The van der Waals surface area contributed by atoms with Gasteiger partial charge in [-0.15, -0.1) is 11.3 Å². The molecule has 2 aromatic heterocycles. The van der Waals surface area contributed by atoms with Crippen molar-refractivity contribution in [3.05, 3.63) is 133 Å². The minimum absolute atomic E-state index is 1.03. The quantitative estimate of drug-likeness (QED) is 0.226. The van der Waals surface area contributed by atoms with Gasteiger partial charge >= 0.3 is 0 Å². The zero-order valence-electron chi connectivity index (χ0n) is 20.9. The topological polar surface area (TPSA) is 4.93 Å². The molecule has 7 aromatic rings. The Morgan fingerprint density at radius 1 is 0.579 bits per heavy atom. The summed E-state index contributed by atoms with van der Waals surface area (Å²) in [6.45, 7) is 0. The molecule has 0 bridgehead atoms. The summed E-state index contributed by atoms with van der Waals surface area (Å²) in [5.74, 6) is 0. The van der Waals surface area contributed by atoms with Gasteiger partial charge in [-0.3, -0.25) is 0 Å². The van der Waals surface area contributed by atoms with Gasteiger partial charge in [-0.1, -0.05) is 97.1 Å². The lowest BCUT2D eigenvalue weighted by Gasteiger charge is -2.18. The van der Waals surface area contributed by atoms with E-state index in [1.165, 1.54) is 69.9 Å². The summed E-state index contributed by atoms with van der Waals surface area (Å²) >= 11 is 1.90. The number of rotatable bonds is 3. The Kier molecular flexibility index (Phi) is 4.89. The van der Waals surface area contributed by atoms with Gasteiger partial charge in [0.1, 0.15) is 0 Å². The van der Waals surface area contributed by atoms with Gasteiger partial charge in [0.15, 0.2) is 0 Å². The molecule has 0 saturated carbocycles. The Hall–Kier alpha value is -4.40. The molecule has 0 atom stereocenters. The van der Waals surface area contributed by atoms with E-state index in [0.29, 0.717) is 0 Å². The zero-order chi connectivity index (χ0) is 25.1. The molecule has 1 aliphatic carbocycles. The summed E-state index contributed by atoms with van der Waals surface area (Å²) in [4.78, 5) is 0. The maximum absolute atomic E-state index is 2.47. The van der Waals surface area contributed by atoms with E-state index < -0.39 is 0 Å². The van der Waals surface area contributed by atoms with Crippen molar-refractivity contribution < 1.29 is 0 Å². The molecule has 180 valence electrons. The number of aromatic nitrogens is 1. The van der Waals surface area contributed by atoms with Crippen LogP contribution in [0.25, 0.3) is 64.4 Å². The molecule has 0 radical (unpaired) electrons. The Morgan fingerprint density at radius 2 is 1.24 bits per heavy atom. The van der Waals surface area contributed by atoms with E-state index in [4.69, 9.17) is 0 Å². The number of hydrogen-bond donors (Lipinski definition) is 0. The highest BCUT2D eigenvalue weighted by atomic mass is 32.1. The van der Waals surface area contributed by atoms with Crippen LogP contribution in [-0.4, -0.2) is 4.57 Å². The van der Waals surface area contributed by atoms with Crippen molar-refractivity contribution in [2.24, 2.45) is 0 Å². The standard InChI is InChI=1S/C36H25NS/c1-4-19-33-29(14-1)30-15-2-5-20-34(30)37(33)27-13-8-11-25(23-27)24-10-7-12-26(22-24)28-17-9-18-32-31-16-3-6-21-35(31)38-36(28)32/h1-7,9-12,14-23H,8,13H2. The Balaban J connectivity index is 1.26.